The van der Waals surface area contributed by atoms with E-state index in [1.807, 2.05) is 28.8 Å². The Morgan fingerprint density at radius 2 is 1.93 bits per heavy atom. The van der Waals surface area contributed by atoms with Crippen molar-refractivity contribution >= 4 is 23.7 Å². The van der Waals surface area contributed by atoms with E-state index in [0.29, 0.717) is 18.1 Å². The van der Waals surface area contributed by atoms with Gasteiger partial charge in [-0.2, -0.15) is 0 Å². The van der Waals surface area contributed by atoms with Crippen molar-refractivity contribution < 1.29 is 4.79 Å². The molecule has 2 aromatic carbocycles. The van der Waals surface area contributed by atoms with Crippen molar-refractivity contribution in [2.45, 2.75) is 32.7 Å². The molecule has 6 heteroatoms. The van der Waals surface area contributed by atoms with E-state index in [0.717, 1.165) is 53.6 Å². The van der Waals surface area contributed by atoms with Crippen LogP contribution in [0.2, 0.25) is 5.15 Å². The maximum absolute atomic E-state index is 11.5. The first kappa shape index (κ1) is 20.8. The van der Waals surface area contributed by atoms with Crippen LogP contribution in [0, 0.1) is 0 Å². The van der Waals surface area contributed by atoms with E-state index in [-0.39, 0.29) is 5.15 Å². The van der Waals surface area contributed by atoms with Crippen LogP contribution in [0.1, 0.15) is 47.2 Å². The first-order chi connectivity index (χ1) is 14.1. The van der Waals surface area contributed by atoms with Gasteiger partial charge in [-0.25, -0.2) is 4.98 Å². The quantitative estimate of drug-likeness (QED) is 0.332. The lowest BCUT2D eigenvalue weighted by Crippen LogP contribution is -2.14. The van der Waals surface area contributed by atoms with Gasteiger partial charge in [0.05, 0.1) is 0 Å². The third-order valence-electron chi connectivity index (χ3n) is 4.96. The number of hydrogen-bond donors (Lipinski definition) is 1. The molecule has 0 amide bonds. The van der Waals surface area contributed by atoms with Crippen molar-refractivity contribution in [3.63, 3.8) is 0 Å². The monoisotopic (exact) mass is 408 g/mol. The lowest BCUT2D eigenvalue weighted by molar-refractivity contribution is 0.111. The van der Waals surface area contributed by atoms with Crippen molar-refractivity contribution in [1.29, 1.82) is 0 Å². The van der Waals surface area contributed by atoms with Crippen molar-refractivity contribution in [2.24, 2.45) is 10.7 Å². The smallest absolute Gasteiger partial charge is 0.169 e. The van der Waals surface area contributed by atoms with Gasteiger partial charge in [0.1, 0.15) is 17.4 Å². The van der Waals surface area contributed by atoms with Crippen LogP contribution in [0.15, 0.2) is 53.5 Å². The van der Waals surface area contributed by atoms with Crippen LogP contribution in [0.25, 0.3) is 11.1 Å². The zero-order chi connectivity index (χ0) is 20.8. The van der Waals surface area contributed by atoms with E-state index in [4.69, 9.17) is 17.3 Å². The zero-order valence-electron chi connectivity index (χ0n) is 16.7. The molecule has 29 heavy (non-hydrogen) atoms. The number of nitrogens with two attached hydrogens (primary N) is 1. The van der Waals surface area contributed by atoms with Crippen LogP contribution in [0.4, 0.5) is 0 Å². The van der Waals surface area contributed by atoms with Gasteiger partial charge in [0.2, 0.25) is 0 Å². The Hall–Kier alpha value is -2.92. The van der Waals surface area contributed by atoms with E-state index in [9.17, 15) is 4.79 Å². The lowest BCUT2D eigenvalue weighted by atomic mass is 9.98. The van der Waals surface area contributed by atoms with Crippen molar-refractivity contribution in [1.82, 2.24) is 9.55 Å². The minimum Gasteiger partial charge on any atom is -0.383 e. The van der Waals surface area contributed by atoms with Gasteiger partial charge in [-0.3, -0.25) is 9.79 Å². The SMILES string of the molecule is CCCCc1nc(Cl)c(C=O)n1Cc1ccc(-c2ccccc2C(N)=NC)cc1. The summed E-state index contributed by atoms with van der Waals surface area (Å²) in [6.07, 6.45) is 3.63. The fourth-order valence-electron chi connectivity index (χ4n) is 3.35. The minimum absolute atomic E-state index is 0.269. The van der Waals surface area contributed by atoms with Gasteiger partial charge in [0, 0.05) is 25.6 Å². The van der Waals surface area contributed by atoms with E-state index in [1.54, 1.807) is 7.05 Å². The molecule has 0 spiro atoms. The van der Waals surface area contributed by atoms with E-state index in [1.165, 1.54) is 0 Å². The summed E-state index contributed by atoms with van der Waals surface area (Å²) in [5.74, 6) is 1.36. The van der Waals surface area contributed by atoms with E-state index in [2.05, 4.69) is 41.2 Å². The number of aryl methyl sites for hydroxylation is 1. The second-order valence-electron chi connectivity index (χ2n) is 6.86. The Bertz CT molecular complexity index is 1020. The number of benzene rings is 2. The average Bonchev–Trinajstić information content (AvgIpc) is 3.06. The Labute approximate surface area is 176 Å². The standard InChI is InChI=1S/C23H25ClN4O/c1-3-4-9-21-27-22(24)20(15-29)28(21)14-16-10-12-17(13-11-16)18-7-5-6-8-19(18)23(25)26-2/h5-8,10-13,15H,3-4,9,14H2,1-2H3,(H2,25,26). The van der Waals surface area contributed by atoms with Crippen LogP contribution in [0.5, 0.6) is 0 Å². The first-order valence-corrected chi connectivity index (χ1v) is 10.1. The molecule has 0 aliphatic heterocycles. The highest BCUT2D eigenvalue weighted by atomic mass is 35.5. The van der Waals surface area contributed by atoms with Gasteiger partial charge < -0.3 is 10.3 Å². The molecule has 5 nitrogen and oxygen atoms in total. The second kappa shape index (κ2) is 9.52. The summed E-state index contributed by atoms with van der Waals surface area (Å²) in [4.78, 5) is 20.0. The molecule has 0 bridgehead atoms. The summed E-state index contributed by atoms with van der Waals surface area (Å²) in [6, 6.07) is 16.2. The predicted molar refractivity (Wildman–Crippen MR) is 119 cm³/mol. The van der Waals surface area contributed by atoms with Crippen LogP contribution in [0.3, 0.4) is 0 Å². The number of carbonyl (C=O) groups excluding carboxylic acids is 1. The van der Waals surface area contributed by atoms with Crippen LogP contribution in [-0.4, -0.2) is 28.7 Å². The number of amidine groups is 1. The number of aliphatic imine (C=N–C) groups is 1. The first-order valence-electron chi connectivity index (χ1n) is 9.70. The second-order valence-corrected chi connectivity index (χ2v) is 7.22. The predicted octanol–water partition coefficient (Wildman–Crippen LogP) is 4.74. The molecule has 0 fully saturated rings. The summed E-state index contributed by atoms with van der Waals surface area (Å²) in [5, 5.41) is 0.269. The normalized spacial score (nSPS) is 11.6. The van der Waals surface area contributed by atoms with Crippen molar-refractivity contribution in [3.8, 4) is 11.1 Å². The van der Waals surface area contributed by atoms with Crippen LogP contribution >= 0.6 is 11.6 Å². The molecule has 0 unspecified atom stereocenters. The van der Waals surface area contributed by atoms with Gasteiger partial charge in [0.15, 0.2) is 11.4 Å². The number of carbonyl (C=O) groups is 1. The maximum atomic E-state index is 11.5. The summed E-state index contributed by atoms with van der Waals surface area (Å²) in [5.41, 5.74) is 10.5. The highest BCUT2D eigenvalue weighted by molar-refractivity contribution is 6.31. The van der Waals surface area contributed by atoms with Gasteiger partial charge >= 0.3 is 0 Å². The summed E-state index contributed by atoms with van der Waals surface area (Å²) >= 11 is 6.18. The molecule has 0 saturated heterocycles. The molecular formula is C23H25ClN4O. The molecule has 0 atom stereocenters. The highest BCUT2D eigenvalue weighted by Crippen LogP contribution is 2.25. The third kappa shape index (κ3) is 4.57. The Morgan fingerprint density at radius 1 is 1.21 bits per heavy atom. The number of nitrogens with zero attached hydrogens (tertiary/aromatic N) is 3. The van der Waals surface area contributed by atoms with Gasteiger partial charge in [0.25, 0.3) is 0 Å². The van der Waals surface area contributed by atoms with Gasteiger partial charge in [-0.15, -0.1) is 0 Å². The molecule has 1 aromatic heterocycles. The number of hydrogen-bond acceptors (Lipinski definition) is 3. The van der Waals surface area contributed by atoms with E-state index < -0.39 is 0 Å². The summed E-state index contributed by atoms with van der Waals surface area (Å²) in [6.45, 7) is 2.68. The van der Waals surface area contributed by atoms with Crippen molar-refractivity contribution in [2.75, 3.05) is 7.05 Å². The van der Waals surface area contributed by atoms with Crippen LogP contribution in [-0.2, 0) is 13.0 Å². The molecule has 150 valence electrons. The Balaban J connectivity index is 1.91. The molecule has 0 radical (unpaired) electrons. The zero-order valence-corrected chi connectivity index (χ0v) is 17.5. The maximum Gasteiger partial charge on any atom is 0.169 e. The molecule has 0 aliphatic rings. The number of halogens is 1. The fraction of sp³-hybridized carbons (Fsp3) is 0.261. The number of unbranched alkanes of at least 4 members (excludes halogenated alkanes) is 1. The largest absolute Gasteiger partial charge is 0.383 e. The number of aldehydes is 1. The summed E-state index contributed by atoms with van der Waals surface area (Å²) in [7, 11) is 1.69. The number of rotatable bonds is 8. The molecule has 0 aliphatic carbocycles. The number of aromatic nitrogens is 2. The topological polar surface area (TPSA) is 73.3 Å². The molecule has 0 saturated carbocycles. The fourth-order valence-corrected chi connectivity index (χ4v) is 3.59. The Morgan fingerprint density at radius 3 is 2.59 bits per heavy atom. The molecule has 3 aromatic rings. The molecule has 1 heterocycles. The molecule has 2 N–H and O–H groups in total. The van der Waals surface area contributed by atoms with Crippen molar-refractivity contribution in [3.05, 3.63) is 76.3 Å². The highest BCUT2D eigenvalue weighted by Gasteiger charge is 2.15. The Kier molecular flexibility index (Phi) is 6.83. The van der Waals surface area contributed by atoms with Gasteiger partial charge in [-0.1, -0.05) is 73.5 Å². The van der Waals surface area contributed by atoms with Crippen LogP contribution < -0.4 is 5.73 Å². The summed E-state index contributed by atoms with van der Waals surface area (Å²) < 4.78 is 1.91. The third-order valence-corrected chi connectivity index (χ3v) is 5.23. The number of imidazole rings is 1. The van der Waals surface area contributed by atoms with Gasteiger partial charge in [-0.05, 0) is 23.1 Å². The average molecular weight is 409 g/mol. The lowest BCUT2D eigenvalue weighted by Gasteiger charge is -2.12. The molecule has 3 rings (SSSR count). The minimum atomic E-state index is 0.269. The molecular weight excluding hydrogens is 384 g/mol. The van der Waals surface area contributed by atoms with E-state index >= 15 is 0 Å².